The second-order valence-corrected chi connectivity index (χ2v) is 2.15. The second kappa shape index (κ2) is 3.17. The fourth-order valence-corrected chi connectivity index (χ4v) is 0.743. The van der Waals surface area contributed by atoms with E-state index in [9.17, 15) is 9.18 Å². The van der Waals surface area contributed by atoms with Crippen LogP contribution >= 0.6 is 0 Å². The predicted octanol–water partition coefficient (Wildman–Crippen LogP) is 0.00860. The standard InChI is InChI=1S/C7H7FN2O2/c1-12-7(11)6-5(8)2-4(9)3-10-6/h2-3H,9H2,1H3/p+1. The Kier molecular flexibility index (Phi) is 2.23. The van der Waals surface area contributed by atoms with Crippen LogP contribution in [0.4, 0.5) is 10.1 Å². The first-order valence-electron chi connectivity index (χ1n) is 3.20. The molecule has 1 aromatic rings. The molecule has 3 N–H and O–H groups in total. The van der Waals surface area contributed by atoms with Crippen LogP contribution in [0.15, 0.2) is 12.3 Å². The first-order chi connectivity index (χ1) is 5.65. The molecule has 0 atom stereocenters. The number of nitrogen functional groups attached to an aromatic ring is 1. The van der Waals surface area contributed by atoms with Gasteiger partial charge in [-0.25, -0.2) is 9.78 Å². The van der Waals surface area contributed by atoms with Gasteiger partial charge in [-0.2, -0.15) is 4.39 Å². The van der Waals surface area contributed by atoms with Gasteiger partial charge in [-0.3, -0.25) is 0 Å². The summed E-state index contributed by atoms with van der Waals surface area (Å²) in [6.45, 7) is 0. The lowest BCUT2D eigenvalue weighted by atomic mass is 10.3. The van der Waals surface area contributed by atoms with Crippen molar-refractivity contribution in [3.05, 3.63) is 23.8 Å². The molecule has 5 heteroatoms. The van der Waals surface area contributed by atoms with E-state index in [1.807, 2.05) is 0 Å². The summed E-state index contributed by atoms with van der Waals surface area (Å²) in [6.07, 6.45) is 1.31. The van der Waals surface area contributed by atoms with Gasteiger partial charge in [0.25, 0.3) is 0 Å². The summed E-state index contributed by atoms with van der Waals surface area (Å²) in [6, 6.07) is 1.04. The number of carbonyl (C=O) groups excluding carboxylic acids is 1. The quantitative estimate of drug-likeness (QED) is 0.605. The predicted molar refractivity (Wildman–Crippen MR) is 38.7 cm³/mol. The highest BCUT2D eigenvalue weighted by molar-refractivity contribution is 5.85. The van der Waals surface area contributed by atoms with Crippen molar-refractivity contribution in [3.63, 3.8) is 0 Å². The van der Waals surface area contributed by atoms with E-state index in [2.05, 4.69) is 9.72 Å². The molecule has 0 fully saturated rings. The van der Waals surface area contributed by atoms with Gasteiger partial charge in [-0.15, -0.1) is 0 Å². The van der Waals surface area contributed by atoms with Crippen molar-refractivity contribution in [2.24, 2.45) is 0 Å². The number of pyridine rings is 1. The van der Waals surface area contributed by atoms with Crippen LogP contribution in [-0.4, -0.2) is 13.1 Å². The number of aromatic amines is 1. The molecule has 64 valence electrons. The molecule has 0 radical (unpaired) electrons. The highest BCUT2D eigenvalue weighted by Crippen LogP contribution is 2.05. The number of carbonyl (C=O) groups is 1. The van der Waals surface area contributed by atoms with E-state index in [1.54, 1.807) is 0 Å². The van der Waals surface area contributed by atoms with Gasteiger partial charge < -0.3 is 10.5 Å². The molecule has 0 unspecified atom stereocenters. The van der Waals surface area contributed by atoms with Gasteiger partial charge in [0.2, 0.25) is 5.82 Å². The van der Waals surface area contributed by atoms with Crippen LogP contribution < -0.4 is 10.7 Å². The summed E-state index contributed by atoms with van der Waals surface area (Å²) >= 11 is 0. The second-order valence-electron chi connectivity index (χ2n) is 2.15. The number of hydrogen-bond acceptors (Lipinski definition) is 3. The number of esters is 1. The minimum Gasteiger partial charge on any atom is -0.461 e. The van der Waals surface area contributed by atoms with Crippen LogP contribution in [0.1, 0.15) is 10.5 Å². The molecule has 1 rings (SSSR count). The number of anilines is 1. The molecule has 0 bridgehead atoms. The lowest BCUT2D eigenvalue weighted by molar-refractivity contribution is -0.385. The van der Waals surface area contributed by atoms with Crippen molar-refractivity contribution in [2.45, 2.75) is 0 Å². The van der Waals surface area contributed by atoms with Gasteiger partial charge in [0.05, 0.1) is 12.8 Å². The number of nitrogens with two attached hydrogens (primary N) is 1. The van der Waals surface area contributed by atoms with Gasteiger partial charge in [-0.05, 0) is 0 Å². The van der Waals surface area contributed by atoms with E-state index in [0.717, 1.165) is 6.07 Å². The van der Waals surface area contributed by atoms with E-state index in [1.165, 1.54) is 13.3 Å². The maximum absolute atomic E-state index is 12.9. The summed E-state index contributed by atoms with van der Waals surface area (Å²) in [5.41, 5.74) is 5.24. The maximum atomic E-state index is 12.9. The Morgan fingerprint density at radius 3 is 2.92 bits per heavy atom. The average Bonchev–Trinajstić information content (AvgIpc) is 2.03. The fourth-order valence-electron chi connectivity index (χ4n) is 0.743. The zero-order chi connectivity index (χ0) is 9.14. The molecule has 0 aliphatic carbocycles. The smallest absolute Gasteiger partial charge is 0.406 e. The van der Waals surface area contributed by atoms with E-state index < -0.39 is 11.8 Å². The Bertz CT molecular complexity index is 314. The SMILES string of the molecule is COC(=O)c1[nH+]cc(N)cc1F. The lowest BCUT2D eigenvalue weighted by Gasteiger charge is -1.94. The van der Waals surface area contributed by atoms with Gasteiger partial charge in [0.15, 0.2) is 6.20 Å². The van der Waals surface area contributed by atoms with Crippen LogP contribution in [0.3, 0.4) is 0 Å². The van der Waals surface area contributed by atoms with E-state index >= 15 is 0 Å². The Morgan fingerprint density at radius 1 is 1.75 bits per heavy atom. The molecular weight excluding hydrogens is 163 g/mol. The largest absolute Gasteiger partial charge is 0.461 e. The fraction of sp³-hybridized carbons (Fsp3) is 0.143. The maximum Gasteiger partial charge on any atom is 0.406 e. The van der Waals surface area contributed by atoms with Gasteiger partial charge in [0, 0.05) is 6.07 Å². The molecule has 0 aliphatic rings. The number of hydrogen-bond donors (Lipinski definition) is 1. The number of halogens is 1. The molecule has 0 amide bonds. The van der Waals surface area contributed by atoms with Crippen molar-refractivity contribution in [3.8, 4) is 0 Å². The van der Waals surface area contributed by atoms with Crippen LogP contribution in [0.5, 0.6) is 0 Å². The molecule has 0 spiro atoms. The Balaban J connectivity index is 3.09. The van der Waals surface area contributed by atoms with Crippen LogP contribution in [-0.2, 0) is 4.74 Å². The summed E-state index contributed by atoms with van der Waals surface area (Å²) in [7, 11) is 1.17. The highest BCUT2D eigenvalue weighted by atomic mass is 19.1. The summed E-state index contributed by atoms with van der Waals surface area (Å²) in [5, 5.41) is 0. The molecule has 0 aromatic carbocycles. The Morgan fingerprint density at radius 2 is 2.42 bits per heavy atom. The molecule has 0 saturated carbocycles. The number of ether oxygens (including phenoxy) is 1. The van der Waals surface area contributed by atoms with Crippen molar-refractivity contribution in [1.29, 1.82) is 0 Å². The number of H-pyrrole nitrogens is 1. The number of rotatable bonds is 1. The highest BCUT2D eigenvalue weighted by Gasteiger charge is 2.20. The van der Waals surface area contributed by atoms with Crippen LogP contribution in [0.25, 0.3) is 0 Å². The number of nitrogens with one attached hydrogen (secondary N) is 1. The average molecular weight is 171 g/mol. The van der Waals surface area contributed by atoms with Crippen molar-refractivity contribution < 1.29 is 18.9 Å². The molecular formula is C7H8FN2O2+. The number of aromatic nitrogens is 1. The third-order valence-electron chi connectivity index (χ3n) is 1.30. The molecule has 1 heterocycles. The lowest BCUT2D eigenvalue weighted by Crippen LogP contribution is -2.20. The summed E-state index contributed by atoms with van der Waals surface area (Å²) < 4.78 is 17.2. The zero-order valence-electron chi connectivity index (χ0n) is 6.43. The minimum absolute atomic E-state index is 0.222. The first kappa shape index (κ1) is 8.45. The molecule has 0 saturated heterocycles. The Hall–Kier alpha value is -1.65. The Labute approximate surface area is 68.2 Å². The summed E-state index contributed by atoms with van der Waals surface area (Å²) in [5.74, 6) is -1.48. The van der Waals surface area contributed by atoms with Gasteiger partial charge in [0.1, 0.15) is 0 Å². The third-order valence-corrected chi connectivity index (χ3v) is 1.30. The van der Waals surface area contributed by atoms with Crippen molar-refractivity contribution in [2.75, 3.05) is 12.8 Å². The third kappa shape index (κ3) is 1.50. The summed E-state index contributed by atoms with van der Waals surface area (Å²) in [4.78, 5) is 13.2. The molecule has 12 heavy (non-hydrogen) atoms. The number of methoxy groups -OCH3 is 1. The van der Waals surface area contributed by atoms with Gasteiger partial charge in [-0.1, -0.05) is 0 Å². The van der Waals surface area contributed by atoms with E-state index in [0.29, 0.717) is 0 Å². The normalized spacial score (nSPS) is 9.50. The molecule has 0 aliphatic heterocycles. The van der Waals surface area contributed by atoms with Crippen LogP contribution in [0, 0.1) is 5.82 Å². The first-order valence-corrected chi connectivity index (χ1v) is 3.20. The molecule has 4 nitrogen and oxygen atoms in total. The topological polar surface area (TPSA) is 66.5 Å². The monoisotopic (exact) mass is 171 g/mol. The zero-order valence-corrected chi connectivity index (χ0v) is 6.43. The van der Waals surface area contributed by atoms with Crippen LogP contribution in [0.2, 0.25) is 0 Å². The van der Waals surface area contributed by atoms with E-state index in [4.69, 9.17) is 5.73 Å². The minimum atomic E-state index is -0.757. The van der Waals surface area contributed by atoms with E-state index in [-0.39, 0.29) is 11.4 Å². The molecule has 1 aromatic heterocycles. The van der Waals surface area contributed by atoms with Crippen molar-refractivity contribution in [1.82, 2.24) is 0 Å². The van der Waals surface area contributed by atoms with Gasteiger partial charge >= 0.3 is 11.7 Å². The van der Waals surface area contributed by atoms with Crippen molar-refractivity contribution >= 4 is 11.7 Å².